The van der Waals surface area contributed by atoms with Crippen LogP contribution >= 0.6 is 0 Å². The Morgan fingerprint density at radius 1 is 1.19 bits per heavy atom. The van der Waals surface area contributed by atoms with Gasteiger partial charge in [0.25, 0.3) is 0 Å². The minimum atomic E-state index is -0.00670. The summed E-state index contributed by atoms with van der Waals surface area (Å²) >= 11 is 0. The van der Waals surface area contributed by atoms with Crippen LogP contribution in [0.5, 0.6) is 0 Å². The second-order valence-electron chi connectivity index (χ2n) is 9.09. The molecule has 176 valence electrons. The molecule has 7 heteroatoms. The van der Waals surface area contributed by atoms with Gasteiger partial charge in [-0.1, -0.05) is 38.8 Å². The molecule has 2 fully saturated rings. The summed E-state index contributed by atoms with van der Waals surface area (Å²) in [7, 11) is 0. The van der Waals surface area contributed by atoms with Crippen molar-refractivity contribution < 1.29 is 9.59 Å². The number of benzene rings is 1. The van der Waals surface area contributed by atoms with Gasteiger partial charge in [-0.25, -0.2) is 4.99 Å². The summed E-state index contributed by atoms with van der Waals surface area (Å²) in [5.41, 5.74) is 1.84. The van der Waals surface area contributed by atoms with Gasteiger partial charge in [-0.05, 0) is 50.3 Å². The quantitative estimate of drug-likeness (QED) is 0.426. The fourth-order valence-electron chi connectivity index (χ4n) is 4.39. The fraction of sp³-hybridized carbons (Fsp3) is 0.640. The summed E-state index contributed by atoms with van der Waals surface area (Å²) in [6.07, 6.45) is 6.23. The molecule has 2 aliphatic rings. The monoisotopic (exact) mass is 441 g/mol. The van der Waals surface area contributed by atoms with Gasteiger partial charge in [0.1, 0.15) is 0 Å². The molecule has 2 amide bonds. The van der Waals surface area contributed by atoms with Crippen LogP contribution in [0.25, 0.3) is 0 Å². The molecule has 1 saturated carbocycles. The summed E-state index contributed by atoms with van der Waals surface area (Å²) in [4.78, 5) is 31.7. The zero-order chi connectivity index (χ0) is 22.9. The maximum Gasteiger partial charge on any atom is 0.227 e. The normalized spacial score (nSPS) is 20.3. The average Bonchev–Trinajstić information content (AvgIpc) is 3.49. The van der Waals surface area contributed by atoms with Crippen molar-refractivity contribution in [2.45, 2.75) is 71.9 Å². The van der Waals surface area contributed by atoms with Crippen LogP contribution in [0.1, 0.15) is 64.9 Å². The summed E-state index contributed by atoms with van der Waals surface area (Å²) < 4.78 is 0. The predicted octanol–water partition coefficient (Wildman–Crippen LogP) is 3.52. The van der Waals surface area contributed by atoms with E-state index < -0.39 is 0 Å². The third-order valence-corrected chi connectivity index (χ3v) is 6.56. The van der Waals surface area contributed by atoms with Gasteiger partial charge < -0.3 is 20.9 Å². The van der Waals surface area contributed by atoms with Crippen molar-refractivity contribution in [3.05, 3.63) is 29.8 Å². The number of hydrogen-bond acceptors (Lipinski definition) is 3. The van der Waals surface area contributed by atoms with E-state index in [0.29, 0.717) is 12.5 Å². The second kappa shape index (κ2) is 11.9. The van der Waals surface area contributed by atoms with Gasteiger partial charge in [-0.3, -0.25) is 9.59 Å². The van der Waals surface area contributed by atoms with Crippen LogP contribution in [-0.4, -0.2) is 48.3 Å². The van der Waals surface area contributed by atoms with Gasteiger partial charge in [0.05, 0.1) is 6.54 Å². The van der Waals surface area contributed by atoms with Crippen LogP contribution in [0.4, 0.5) is 5.69 Å². The van der Waals surface area contributed by atoms with E-state index in [9.17, 15) is 9.59 Å². The lowest BCUT2D eigenvalue weighted by molar-refractivity contribution is -0.134. The first-order valence-corrected chi connectivity index (χ1v) is 12.2. The van der Waals surface area contributed by atoms with Crippen molar-refractivity contribution in [2.75, 3.05) is 25.0 Å². The fourth-order valence-corrected chi connectivity index (χ4v) is 4.39. The van der Waals surface area contributed by atoms with Gasteiger partial charge in [0.15, 0.2) is 5.96 Å². The highest BCUT2D eigenvalue weighted by Gasteiger charge is 2.32. The molecule has 0 aromatic heterocycles. The zero-order valence-corrected chi connectivity index (χ0v) is 19.8. The number of hydrogen-bond donors (Lipinski definition) is 3. The Morgan fingerprint density at radius 2 is 1.97 bits per heavy atom. The van der Waals surface area contributed by atoms with E-state index >= 15 is 0 Å². The Kier molecular flexibility index (Phi) is 8.94. The molecule has 2 atom stereocenters. The first kappa shape index (κ1) is 24.1. The SMILES string of the molecule is CCNC(=NCc1cccc(NC(=O)C(C)CC)c1)NC1CCN(C(=O)C2CCCC2)C1. The molecule has 1 aromatic rings. The third kappa shape index (κ3) is 6.71. The molecule has 1 saturated heterocycles. The molecule has 7 nitrogen and oxygen atoms in total. The summed E-state index contributed by atoms with van der Waals surface area (Å²) in [6.45, 7) is 8.85. The molecule has 2 unspecified atom stereocenters. The molecule has 32 heavy (non-hydrogen) atoms. The number of nitrogens with one attached hydrogen (secondary N) is 3. The smallest absolute Gasteiger partial charge is 0.227 e. The van der Waals surface area contributed by atoms with Crippen molar-refractivity contribution in [1.29, 1.82) is 0 Å². The molecular weight excluding hydrogens is 402 g/mol. The molecule has 1 aliphatic carbocycles. The molecular formula is C25H39N5O2. The zero-order valence-electron chi connectivity index (χ0n) is 19.8. The van der Waals surface area contributed by atoms with Crippen molar-refractivity contribution in [3.8, 4) is 0 Å². The van der Waals surface area contributed by atoms with Crippen molar-refractivity contribution in [3.63, 3.8) is 0 Å². The van der Waals surface area contributed by atoms with Crippen LogP contribution in [-0.2, 0) is 16.1 Å². The Hall–Kier alpha value is -2.57. The number of carbonyl (C=O) groups is 2. The number of guanidine groups is 1. The average molecular weight is 442 g/mol. The number of rotatable bonds is 8. The number of nitrogens with zero attached hydrogens (tertiary/aromatic N) is 2. The van der Waals surface area contributed by atoms with Gasteiger partial charge in [-0.15, -0.1) is 0 Å². The highest BCUT2D eigenvalue weighted by atomic mass is 16.2. The Bertz CT molecular complexity index is 803. The molecule has 3 rings (SSSR count). The maximum absolute atomic E-state index is 12.7. The van der Waals surface area contributed by atoms with Gasteiger partial charge in [0.2, 0.25) is 11.8 Å². The van der Waals surface area contributed by atoms with E-state index in [0.717, 1.165) is 62.5 Å². The van der Waals surface area contributed by atoms with Gasteiger partial charge >= 0.3 is 0 Å². The van der Waals surface area contributed by atoms with Crippen LogP contribution < -0.4 is 16.0 Å². The first-order valence-electron chi connectivity index (χ1n) is 12.2. The lowest BCUT2D eigenvalue weighted by Gasteiger charge is -2.21. The lowest BCUT2D eigenvalue weighted by atomic mass is 10.1. The van der Waals surface area contributed by atoms with Crippen LogP contribution in [0.15, 0.2) is 29.3 Å². The molecule has 3 N–H and O–H groups in total. The van der Waals surface area contributed by atoms with Crippen molar-refractivity contribution in [2.24, 2.45) is 16.8 Å². The van der Waals surface area contributed by atoms with Gasteiger partial charge in [0, 0.05) is 43.2 Å². The molecule has 0 bridgehead atoms. The number of likely N-dealkylation sites (tertiary alicyclic amines) is 1. The molecule has 1 heterocycles. The van der Waals surface area contributed by atoms with Crippen LogP contribution in [0.2, 0.25) is 0 Å². The molecule has 0 spiro atoms. The molecule has 1 aromatic carbocycles. The number of aliphatic imine (C=N–C) groups is 1. The number of anilines is 1. The lowest BCUT2D eigenvalue weighted by Crippen LogP contribution is -2.45. The molecule has 0 radical (unpaired) electrons. The number of amides is 2. The highest BCUT2D eigenvalue weighted by Crippen LogP contribution is 2.27. The van der Waals surface area contributed by atoms with Gasteiger partial charge in [-0.2, -0.15) is 0 Å². The van der Waals surface area contributed by atoms with Crippen LogP contribution in [0, 0.1) is 11.8 Å². The van der Waals surface area contributed by atoms with E-state index in [1.54, 1.807) is 0 Å². The van der Waals surface area contributed by atoms with E-state index in [-0.39, 0.29) is 23.8 Å². The predicted molar refractivity (Wildman–Crippen MR) is 129 cm³/mol. The van der Waals surface area contributed by atoms with E-state index in [4.69, 9.17) is 4.99 Å². The first-order chi connectivity index (χ1) is 15.5. The van der Waals surface area contributed by atoms with E-state index in [1.807, 2.05) is 49.9 Å². The third-order valence-electron chi connectivity index (χ3n) is 6.56. The highest BCUT2D eigenvalue weighted by molar-refractivity contribution is 5.92. The largest absolute Gasteiger partial charge is 0.357 e. The molecule has 1 aliphatic heterocycles. The second-order valence-corrected chi connectivity index (χ2v) is 9.09. The maximum atomic E-state index is 12.7. The van der Waals surface area contributed by atoms with E-state index in [2.05, 4.69) is 16.0 Å². The van der Waals surface area contributed by atoms with Crippen molar-refractivity contribution in [1.82, 2.24) is 15.5 Å². The van der Waals surface area contributed by atoms with Crippen molar-refractivity contribution >= 4 is 23.5 Å². The standard InChI is InChI=1S/C25H39N5O2/c1-4-18(3)23(31)28-21-12-8-9-19(15-21)16-27-25(26-5-2)29-22-13-14-30(17-22)24(32)20-10-6-7-11-20/h8-9,12,15,18,20,22H,4-7,10-11,13-14,16-17H2,1-3H3,(H,28,31)(H2,26,27,29). The minimum absolute atomic E-state index is 0.00670. The topological polar surface area (TPSA) is 85.8 Å². The number of carbonyl (C=O) groups excluding carboxylic acids is 2. The Labute approximate surface area is 192 Å². The summed E-state index contributed by atoms with van der Waals surface area (Å²) in [6, 6.07) is 8.07. The Morgan fingerprint density at radius 3 is 2.69 bits per heavy atom. The Balaban J connectivity index is 1.55. The van der Waals surface area contributed by atoms with E-state index in [1.165, 1.54) is 12.8 Å². The minimum Gasteiger partial charge on any atom is -0.357 e. The summed E-state index contributed by atoms with van der Waals surface area (Å²) in [5.74, 6) is 1.38. The summed E-state index contributed by atoms with van der Waals surface area (Å²) in [5, 5.41) is 9.81. The van der Waals surface area contributed by atoms with Crippen LogP contribution in [0.3, 0.4) is 0 Å².